The third-order valence-corrected chi connectivity index (χ3v) is 6.01. The average Bonchev–Trinajstić information content (AvgIpc) is 1.56. The molecule has 0 saturated heterocycles. The molecule has 0 saturated carbocycles. The van der Waals surface area contributed by atoms with Crippen LogP contribution in [0.15, 0.2) is 0 Å². The Kier molecular flexibility index (Phi) is 3.44. The van der Waals surface area contributed by atoms with Gasteiger partial charge >= 0.3 is 0 Å². The highest BCUT2D eigenvalue weighted by Gasteiger charge is 2.26. The highest BCUT2D eigenvalue weighted by molar-refractivity contribution is 7.73. The van der Waals surface area contributed by atoms with Crippen molar-refractivity contribution in [1.29, 1.82) is 0 Å². The van der Waals surface area contributed by atoms with Gasteiger partial charge in [0.2, 0.25) is 0 Å². The van der Waals surface area contributed by atoms with Crippen molar-refractivity contribution in [3.8, 4) is 0 Å². The van der Waals surface area contributed by atoms with E-state index in [9.17, 15) is 0 Å². The summed E-state index contributed by atoms with van der Waals surface area (Å²) < 4.78 is 0. The standard InChI is InChI=1S/C10H23P/c1-9(2)8-10(3,4)11(5,6)7/h9H,5,8H2,1-4,6-7H3. The number of rotatable bonds is 3. The van der Waals surface area contributed by atoms with Gasteiger partial charge in [0.25, 0.3) is 0 Å². The van der Waals surface area contributed by atoms with Gasteiger partial charge in [0.15, 0.2) is 0 Å². The summed E-state index contributed by atoms with van der Waals surface area (Å²) in [5.41, 5.74) is 0. The summed E-state index contributed by atoms with van der Waals surface area (Å²) in [6.07, 6.45) is 5.61. The zero-order valence-electron chi connectivity index (χ0n) is 8.94. The lowest BCUT2D eigenvalue weighted by Gasteiger charge is -2.36. The molecule has 0 aromatic heterocycles. The molecule has 0 heterocycles. The topological polar surface area (TPSA) is 0 Å². The third kappa shape index (κ3) is 3.47. The van der Waals surface area contributed by atoms with Crippen LogP contribution in [0.3, 0.4) is 0 Å². The number of hydrogen-bond acceptors (Lipinski definition) is 0. The normalized spacial score (nSPS) is 14.1. The molecule has 0 radical (unpaired) electrons. The Balaban J connectivity index is 4.35. The van der Waals surface area contributed by atoms with Gasteiger partial charge in [0.1, 0.15) is 0 Å². The first-order valence-electron chi connectivity index (χ1n) is 4.35. The molecule has 0 spiro atoms. The van der Waals surface area contributed by atoms with Crippen LogP contribution in [0, 0.1) is 5.92 Å². The van der Waals surface area contributed by atoms with Crippen molar-refractivity contribution >= 4 is 13.2 Å². The van der Waals surface area contributed by atoms with Gasteiger partial charge in [-0.25, -0.2) is 0 Å². The van der Waals surface area contributed by atoms with Crippen molar-refractivity contribution in [1.82, 2.24) is 0 Å². The van der Waals surface area contributed by atoms with Crippen molar-refractivity contribution < 1.29 is 0 Å². The molecule has 1 heteroatoms. The Labute approximate surface area is 72.4 Å². The van der Waals surface area contributed by atoms with Crippen molar-refractivity contribution in [2.75, 3.05) is 13.3 Å². The molecule has 0 aliphatic carbocycles. The second kappa shape index (κ2) is 3.35. The molecule has 0 unspecified atom stereocenters. The van der Waals surface area contributed by atoms with E-state index in [1.807, 2.05) is 0 Å². The van der Waals surface area contributed by atoms with Crippen LogP contribution >= 0.6 is 6.89 Å². The average molecular weight is 174 g/mol. The van der Waals surface area contributed by atoms with Crippen LogP contribution in [0.2, 0.25) is 0 Å². The summed E-state index contributed by atoms with van der Waals surface area (Å²) in [5, 5.41) is 0.459. The van der Waals surface area contributed by atoms with Crippen molar-refractivity contribution in [2.45, 2.75) is 39.3 Å². The fourth-order valence-corrected chi connectivity index (χ4v) is 2.11. The maximum atomic E-state index is 4.31. The highest BCUT2D eigenvalue weighted by Crippen LogP contribution is 2.53. The minimum absolute atomic E-state index is 0.459. The first-order valence-corrected chi connectivity index (χ1v) is 7.22. The van der Waals surface area contributed by atoms with Crippen LogP contribution in [0.5, 0.6) is 0 Å². The molecule has 68 valence electrons. The fraction of sp³-hybridized carbons (Fsp3) is 0.900. The lowest BCUT2D eigenvalue weighted by molar-refractivity contribution is 0.496. The van der Waals surface area contributed by atoms with Crippen LogP contribution in [0.4, 0.5) is 0 Å². The smallest absolute Gasteiger partial charge is 0.0160 e. The Morgan fingerprint density at radius 2 is 1.64 bits per heavy atom. The molecule has 0 atom stereocenters. The molecule has 0 N–H and O–H groups in total. The minimum Gasteiger partial charge on any atom is -0.112 e. The van der Waals surface area contributed by atoms with Gasteiger partial charge in [0.05, 0.1) is 0 Å². The van der Waals surface area contributed by atoms with E-state index in [1.54, 1.807) is 0 Å². The summed E-state index contributed by atoms with van der Waals surface area (Å²) in [5.74, 6) is 0.797. The summed E-state index contributed by atoms with van der Waals surface area (Å²) in [4.78, 5) is 0. The zero-order valence-corrected chi connectivity index (χ0v) is 9.83. The fourth-order valence-electron chi connectivity index (χ4n) is 1.25. The van der Waals surface area contributed by atoms with E-state index < -0.39 is 6.89 Å². The van der Waals surface area contributed by atoms with Crippen LogP contribution in [-0.2, 0) is 0 Å². The van der Waals surface area contributed by atoms with Crippen LogP contribution < -0.4 is 0 Å². The Morgan fingerprint density at radius 3 is 1.73 bits per heavy atom. The van der Waals surface area contributed by atoms with E-state index in [-0.39, 0.29) is 0 Å². The van der Waals surface area contributed by atoms with E-state index in [0.717, 1.165) is 5.92 Å². The van der Waals surface area contributed by atoms with Gasteiger partial charge in [-0.1, -0.05) is 27.7 Å². The molecule has 11 heavy (non-hydrogen) atoms. The Bertz CT molecular complexity index is 160. The summed E-state index contributed by atoms with van der Waals surface area (Å²) in [7, 11) is 0. The Hall–Kier alpha value is 0.300. The maximum absolute atomic E-state index is 4.31. The molecule has 0 rings (SSSR count). The summed E-state index contributed by atoms with van der Waals surface area (Å²) >= 11 is 0. The molecule has 0 aromatic carbocycles. The van der Waals surface area contributed by atoms with Gasteiger partial charge < -0.3 is 0 Å². The number of hydrogen-bond donors (Lipinski definition) is 0. The monoisotopic (exact) mass is 174 g/mol. The van der Waals surface area contributed by atoms with Gasteiger partial charge in [-0.2, -0.15) is 0 Å². The quantitative estimate of drug-likeness (QED) is 0.574. The minimum atomic E-state index is -0.923. The molecule has 0 fully saturated rings. The van der Waals surface area contributed by atoms with Gasteiger partial charge in [-0.05, 0) is 30.8 Å². The van der Waals surface area contributed by atoms with Crippen LogP contribution in [-0.4, -0.2) is 24.8 Å². The van der Waals surface area contributed by atoms with Crippen molar-refractivity contribution in [3.05, 3.63) is 0 Å². The first kappa shape index (κ1) is 11.3. The largest absolute Gasteiger partial charge is 0.112 e. The highest BCUT2D eigenvalue weighted by atomic mass is 31.2. The third-order valence-electron chi connectivity index (χ3n) is 2.55. The van der Waals surface area contributed by atoms with Gasteiger partial charge in [0, 0.05) is 0 Å². The lowest BCUT2D eigenvalue weighted by Crippen LogP contribution is -2.21. The van der Waals surface area contributed by atoms with E-state index in [4.69, 9.17) is 0 Å². The molecular weight excluding hydrogens is 151 g/mol. The molecule has 0 aliphatic heterocycles. The summed E-state index contributed by atoms with van der Waals surface area (Å²) in [6.45, 7) is 13.0. The predicted octanol–water partition coefficient (Wildman–Crippen LogP) is 3.52. The molecule has 0 aliphatic rings. The van der Waals surface area contributed by atoms with E-state index in [2.05, 4.69) is 47.3 Å². The predicted molar refractivity (Wildman–Crippen MR) is 59.4 cm³/mol. The molecule has 0 nitrogen and oxygen atoms in total. The molecule has 0 bridgehead atoms. The SMILES string of the molecule is C=P(C)(C)C(C)(C)CC(C)C. The second-order valence-electron chi connectivity index (χ2n) is 5.10. The van der Waals surface area contributed by atoms with E-state index in [0.29, 0.717) is 5.16 Å². The Morgan fingerprint density at radius 1 is 1.27 bits per heavy atom. The van der Waals surface area contributed by atoms with Gasteiger partial charge in [-0.3, -0.25) is 0 Å². The lowest BCUT2D eigenvalue weighted by atomic mass is 10.00. The van der Waals surface area contributed by atoms with Crippen LogP contribution in [0.1, 0.15) is 34.1 Å². The molecule has 0 aromatic rings. The first-order chi connectivity index (χ1) is 4.67. The van der Waals surface area contributed by atoms with Crippen molar-refractivity contribution in [3.63, 3.8) is 0 Å². The van der Waals surface area contributed by atoms with Gasteiger partial charge in [-0.15, -0.1) is 13.2 Å². The second-order valence-corrected chi connectivity index (χ2v) is 9.68. The maximum Gasteiger partial charge on any atom is -0.0160 e. The van der Waals surface area contributed by atoms with Crippen LogP contribution in [0.25, 0.3) is 0 Å². The zero-order chi connectivity index (χ0) is 9.28. The summed E-state index contributed by atoms with van der Waals surface area (Å²) in [6, 6.07) is 0. The van der Waals surface area contributed by atoms with E-state index in [1.165, 1.54) is 6.42 Å². The van der Waals surface area contributed by atoms with Crippen molar-refractivity contribution in [2.24, 2.45) is 5.92 Å². The molecule has 0 amide bonds. The van der Waals surface area contributed by atoms with E-state index >= 15 is 0 Å². The molecular formula is C10H23P.